The van der Waals surface area contributed by atoms with Gasteiger partial charge >= 0.3 is 5.63 Å². The highest BCUT2D eigenvalue weighted by molar-refractivity contribution is 7.10. The van der Waals surface area contributed by atoms with Crippen molar-refractivity contribution in [2.45, 2.75) is 25.8 Å². The Labute approximate surface area is 212 Å². The number of carbonyl (C=O) groups excluding carboxylic acids is 1. The van der Waals surface area contributed by atoms with E-state index in [1.54, 1.807) is 31.6 Å². The Morgan fingerprint density at radius 2 is 1.92 bits per heavy atom. The number of ether oxygens (including phenoxy) is 3. The third kappa shape index (κ3) is 4.68. The average Bonchev–Trinajstić information content (AvgIpc) is 3.38. The molecular formula is C28H27NO6S. The van der Waals surface area contributed by atoms with E-state index in [9.17, 15) is 9.59 Å². The van der Waals surface area contributed by atoms with Crippen molar-refractivity contribution in [1.82, 2.24) is 4.90 Å². The molecular weight excluding hydrogens is 478 g/mol. The Kier molecular flexibility index (Phi) is 6.69. The van der Waals surface area contributed by atoms with Gasteiger partial charge in [0.15, 0.2) is 11.5 Å². The minimum absolute atomic E-state index is 0.0478. The van der Waals surface area contributed by atoms with E-state index in [1.807, 2.05) is 53.6 Å². The Balaban J connectivity index is 1.47. The predicted molar refractivity (Wildman–Crippen MR) is 138 cm³/mol. The quantitative estimate of drug-likeness (QED) is 0.332. The highest BCUT2D eigenvalue weighted by atomic mass is 32.1. The van der Waals surface area contributed by atoms with Crippen LogP contribution < -0.4 is 19.8 Å². The minimum Gasteiger partial charge on any atom is -0.493 e. The van der Waals surface area contributed by atoms with E-state index in [1.165, 1.54) is 6.07 Å². The molecule has 3 heterocycles. The van der Waals surface area contributed by atoms with E-state index < -0.39 is 5.63 Å². The molecule has 0 N–H and O–H groups in total. The molecule has 0 aliphatic carbocycles. The van der Waals surface area contributed by atoms with Crippen molar-refractivity contribution in [3.8, 4) is 17.2 Å². The number of nitrogens with zero attached hydrogens (tertiary/aromatic N) is 1. The van der Waals surface area contributed by atoms with Gasteiger partial charge in [-0.1, -0.05) is 6.07 Å². The molecule has 5 rings (SSSR count). The zero-order valence-electron chi connectivity index (χ0n) is 20.4. The fourth-order valence-electron chi connectivity index (χ4n) is 4.74. The molecule has 0 saturated carbocycles. The van der Waals surface area contributed by atoms with Crippen LogP contribution in [0.5, 0.6) is 17.2 Å². The fourth-order valence-corrected chi connectivity index (χ4v) is 5.44. The van der Waals surface area contributed by atoms with Gasteiger partial charge in [-0.2, -0.15) is 0 Å². The molecule has 7 nitrogen and oxygen atoms in total. The number of aryl methyl sites for hydroxylation is 1. The lowest BCUT2D eigenvalue weighted by Crippen LogP contribution is -2.43. The lowest BCUT2D eigenvalue weighted by Gasteiger charge is -2.37. The van der Waals surface area contributed by atoms with Gasteiger partial charge in [0.2, 0.25) is 5.91 Å². The van der Waals surface area contributed by atoms with Crippen molar-refractivity contribution in [3.63, 3.8) is 0 Å². The zero-order chi connectivity index (χ0) is 25.2. The van der Waals surface area contributed by atoms with E-state index in [0.29, 0.717) is 42.2 Å². The second kappa shape index (κ2) is 10.1. The van der Waals surface area contributed by atoms with Gasteiger partial charge in [-0.15, -0.1) is 11.3 Å². The van der Waals surface area contributed by atoms with Crippen LogP contribution >= 0.6 is 11.3 Å². The summed E-state index contributed by atoms with van der Waals surface area (Å²) in [7, 11) is 3.22. The van der Waals surface area contributed by atoms with Crippen LogP contribution in [0.25, 0.3) is 11.0 Å². The molecule has 4 aromatic rings. The lowest BCUT2D eigenvalue weighted by molar-refractivity contribution is -0.134. The van der Waals surface area contributed by atoms with Crippen LogP contribution in [0.15, 0.2) is 63.1 Å². The van der Waals surface area contributed by atoms with Crippen LogP contribution in [0.2, 0.25) is 0 Å². The highest BCUT2D eigenvalue weighted by Crippen LogP contribution is 2.39. The normalized spacial score (nSPS) is 15.0. The van der Waals surface area contributed by atoms with Crippen LogP contribution in [0.3, 0.4) is 0 Å². The minimum atomic E-state index is -0.398. The van der Waals surface area contributed by atoms with Crippen molar-refractivity contribution in [2.24, 2.45) is 0 Å². The number of rotatable bonds is 7. The Hall–Kier alpha value is -3.78. The molecule has 8 heteroatoms. The van der Waals surface area contributed by atoms with Crippen LogP contribution in [0.4, 0.5) is 0 Å². The maximum absolute atomic E-state index is 13.4. The maximum Gasteiger partial charge on any atom is 0.336 e. The average molecular weight is 506 g/mol. The summed E-state index contributed by atoms with van der Waals surface area (Å²) in [5.41, 5.74) is 2.99. The number of hydrogen-bond donors (Lipinski definition) is 0. The summed E-state index contributed by atoms with van der Waals surface area (Å²) in [6.07, 6.45) is 1.06. The second-order valence-corrected chi connectivity index (χ2v) is 9.76. The van der Waals surface area contributed by atoms with Gasteiger partial charge < -0.3 is 23.5 Å². The van der Waals surface area contributed by atoms with E-state index in [4.69, 9.17) is 18.6 Å². The summed E-state index contributed by atoms with van der Waals surface area (Å²) in [4.78, 5) is 28.2. The molecule has 0 radical (unpaired) electrons. The van der Waals surface area contributed by atoms with Gasteiger partial charge in [0, 0.05) is 28.9 Å². The van der Waals surface area contributed by atoms with Gasteiger partial charge in [-0.25, -0.2) is 4.79 Å². The zero-order valence-corrected chi connectivity index (χ0v) is 21.2. The summed E-state index contributed by atoms with van der Waals surface area (Å²) < 4.78 is 22.6. The summed E-state index contributed by atoms with van der Waals surface area (Å²) in [6.45, 7) is 2.68. The third-order valence-corrected chi connectivity index (χ3v) is 7.44. The summed E-state index contributed by atoms with van der Waals surface area (Å²) >= 11 is 1.58. The first kappa shape index (κ1) is 23.9. The molecule has 36 heavy (non-hydrogen) atoms. The first-order valence-corrected chi connectivity index (χ1v) is 12.6. The van der Waals surface area contributed by atoms with Gasteiger partial charge in [0.25, 0.3) is 0 Å². The molecule has 1 aliphatic heterocycles. The molecule has 0 bridgehead atoms. The lowest BCUT2D eigenvalue weighted by atomic mass is 9.91. The molecule has 0 saturated heterocycles. The summed E-state index contributed by atoms with van der Waals surface area (Å²) in [6, 6.07) is 14.5. The molecule has 2 aromatic carbocycles. The number of amides is 1. The Morgan fingerprint density at radius 1 is 1.11 bits per heavy atom. The molecule has 0 fully saturated rings. The number of methoxy groups -OCH3 is 2. The van der Waals surface area contributed by atoms with Crippen LogP contribution in [-0.2, 0) is 17.6 Å². The third-order valence-electron chi connectivity index (χ3n) is 6.56. The standard InChI is InChI=1S/C28H27NO6S/c1-17-11-28(31)35-24-13-19(6-7-21(17)24)34-16-23-22-15-26(33-3)25(32-2)12-18(22)8-9-29(23)27(30)14-20-5-4-10-36-20/h4-7,10-13,15,23H,8-9,14,16H2,1-3H3. The van der Waals surface area contributed by atoms with Gasteiger partial charge in [0.05, 0.1) is 26.7 Å². The van der Waals surface area contributed by atoms with Crippen molar-refractivity contribution >= 4 is 28.2 Å². The summed E-state index contributed by atoms with van der Waals surface area (Å²) in [5.74, 6) is 1.88. The summed E-state index contributed by atoms with van der Waals surface area (Å²) in [5, 5.41) is 2.83. The number of hydrogen-bond acceptors (Lipinski definition) is 7. The first-order chi connectivity index (χ1) is 17.5. The largest absolute Gasteiger partial charge is 0.493 e. The molecule has 1 aliphatic rings. The monoisotopic (exact) mass is 505 g/mol. The molecule has 2 aromatic heterocycles. The van der Waals surface area contributed by atoms with Gasteiger partial charge in [-0.3, -0.25) is 4.79 Å². The number of fused-ring (bicyclic) bond motifs is 2. The molecule has 1 amide bonds. The number of carbonyl (C=O) groups is 1. The van der Waals surface area contributed by atoms with Crippen molar-refractivity contribution in [2.75, 3.05) is 27.4 Å². The highest BCUT2D eigenvalue weighted by Gasteiger charge is 2.33. The van der Waals surface area contributed by atoms with E-state index >= 15 is 0 Å². The van der Waals surface area contributed by atoms with E-state index in [0.717, 1.165) is 27.0 Å². The number of benzene rings is 2. The van der Waals surface area contributed by atoms with Crippen LogP contribution in [0, 0.1) is 6.92 Å². The SMILES string of the molecule is COc1cc2c(cc1OC)C(COc1ccc3c(C)cc(=O)oc3c1)N(C(=O)Cc1cccs1)CC2. The molecule has 186 valence electrons. The maximum atomic E-state index is 13.4. The molecule has 0 spiro atoms. The van der Waals surface area contributed by atoms with Gasteiger partial charge in [0.1, 0.15) is 17.9 Å². The van der Waals surface area contributed by atoms with E-state index in [2.05, 4.69) is 0 Å². The van der Waals surface area contributed by atoms with Crippen molar-refractivity contribution < 1.29 is 23.4 Å². The topological polar surface area (TPSA) is 78.2 Å². The van der Waals surface area contributed by atoms with Gasteiger partial charge in [-0.05, 0) is 65.7 Å². The van der Waals surface area contributed by atoms with Crippen LogP contribution in [0.1, 0.15) is 27.6 Å². The smallest absolute Gasteiger partial charge is 0.336 e. The van der Waals surface area contributed by atoms with Crippen molar-refractivity contribution in [1.29, 1.82) is 0 Å². The molecule has 1 unspecified atom stereocenters. The van der Waals surface area contributed by atoms with Crippen molar-refractivity contribution in [3.05, 3.63) is 85.9 Å². The fraction of sp³-hybridized carbons (Fsp3) is 0.286. The van der Waals surface area contributed by atoms with E-state index in [-0.39, 0.29) is 18.6 Å². The predicted octanol–water partition coefficient (Wildman–Crippen LogP) is 4.93. The first-order valence-electron chi connectivity index (χ1n) is 11.7. The Bertz CT molecular complexity index is 1460. The second-order valence-electron chi connectivity index (χ2n) is 8.73. The number of thiophene rings is 1. The Morgan fingerprint density at radius 3 is 2.67 bits per heavy atom. The van der Waals surface area contributed by atoms with Crippen LogP contribution in [-0.4, -0.2) is 38.2 Å². The molecule has 1 atom stereocenters.